The smallest absolute Gasteiger partial charge is 0.318 e. The Morgan fingerprint density at radius 3 is 2.75 bits per heavy atom. The highest BCUT2D eigenvalue weighted by molar-refractivity contribution is 7.99. The Kier molecular flexibility index (Phi) is 4.29. The van der Waals surface area contributed by atoms with Crippen molar-refractivity contribution in [2.24, 2.45) is 5.73 Å². The lowest BCUT2D eigenvalue weighted by atomic mass is 10.6. The summed E-state index contributed by atoms with van der Waals surface area (Å²) in [5, 5.41) is 10.4. The van der Waals surface area contributed by atoms with Crippen molar-refractivity contribution in [3.05, 3.63) is 5.82 Å². The van der Waals surface area contributed by atoms with Gasteiger partial charge in [-0.2, -0.15) is 0 Å². The summed E-state index contributed by atoms with van der Waals surface area (Å²) >= 11 is 1.21. The second-order valence-electron chi connectivity index (χ2n) is 2.98. The molecule has 1 heterocycles. The zero-order chi connectivity index (χ0) is 12.1. The van der Waals surface area contributed by atoms with Crippen molar-refractivity contribution in [1.29, 1.82) is 0 Å². The number of carbonyl (C=O) groups is 2. The van der Waals surface area contributed by atoms with E-state index in [1.807, 2.05) is 23.7 Å². The molecule has 0 saturated heterocycles. The number of amides is 3. The first-order valence-electron chi connectivity index (χ1n) is 4.66. The van der Waals surface area contributed by atoms with Gasteiger partial charge in [0.2, 0.25) is 5.91 Å². The number of nitrogens with one attached hydrogen (secondary N) is 1. The molecule has 0 radical (unpaired) electrons. The van der Waals surface area contributed by atoms with Crippen LogP contribution in [-0.2, 0) is 11.3 Å². The molecule has 0 aliphatic heterocycles. The summed E-state index contributed by atoms with van der Waals surface area (Å²) in [5.41, 5.74) is 4.81. The van der Waals surface area contributed by atoms with Gasteiger partial charge >= 0.3 is 6.03 Å². The molecule has 88 valence electrons. The van der Waals surface area contributed by atoms with E-state index in [4.69, 9.17) is 5.73 Å². The van der Waals surface area contributed by atoms with Gasteiger partial charge in [-0.25, -0.2) is 4.79 Å². The highest BCUT2D eigenvalue weighted by atomic mass is 32.2. The van der Waals surface area contributed by atoms with Crippen molar-refractivity contribution in [2.45, 2.75) is 25.5 Å². The first-order chi connectivity index (χ1) is 7.54. The van der Waals surface area contributed by atoms with Gasteiger partial charge in [-0.3, -0.25) is 10.1 Å². The summed E-state index contributed by atoms with van der Waals surface area (Å²) in [7, 11) is 0. The lowest BCUT2D eigenvalue weighted by molar-refractivity contribution is -0.117. The number of aryl methyl sites for hydroxylation is 1. The maximum Gasteiger partial charge on any atom is 0.318 e. The van der Waals surface area contributed by atoms with Crippen LogP contribution in [0.5, 0.6) is 0 Å². The number of nitrogens with two attached hydrogens (primary N) is 1. The molecule has 0 unspecified atom stereocenters. The van der Waals surface area contributed by atoms with Crippen LogP contribution >= 0.6 is 11.8 Å². The van der Waals surface area contributed by atoms with Crippen molar-refractivity contribution in [3.63, 3.8) is 0 Å². The number of hydrogen-bond donors (Lipinski definition) is 2. The SMILES string of the molecule is CCn1c(C)nnc1SCC(=O)NC(N)=O. The van der Waals surface area contributed by atoms with E-state index in [-0.39, 0.29) is 5.75 Å². The van der Waals surface area contributed by atoms with Gasteiger partial charge in [0.25, 0.3) is 0 Å². The minimum Gasteiger partial charge on any atom is -0.351 e. The predicted octanol–water partition coefficient (Wildman–Crippen LogP) is -0.107. The summed E-state index contributed by atoms with van der Waals surface area (Å²) < 4.78 is 1.88. The van der Waals surface area contributed by atoms with Crippen LogP contribution in [0.2, 0.25) is 0 Å². The lowest BCUT2D eigenvalue weighted by Gasteiger charge is -2.04. The molecule has 7 nitrogen and oxygen atoms in total. The Morgan fingerprint density at radius 1 is 1.50 bits per heavy atom. The number of carbonyl (C=O) groups excluding carboxylic acids is 2. The largest absolute Gasteiger partial charge is 0.351 e. The van der Waals surface area contributed by atoms with Crippen LogP contribution in [0.3, 0.4) is 0 Å². The van der Waals surface area contributed by atoms with Crippen LogP contribution in [0.4, 0.5) is 4.79 Å². The van der Waals surface area contributed by atoms with Crippen LogP contribution in [0.25, 0.3) is 0 Å². The van der Waals surface area contributed by atoms with Crippen molar-refractivity contribution in [3.8, 4) is 0 Å². The molecule has 1 rings (SSSR count). The molecule has 16 heavy (non-hydrogen) atoms. The van der Waals surface area contributed by atoms with E-state index in [9.17, 15) is 9.59 Å². The maximum absolute atomic E-state index is 11.1. The first kappa shape index (κ1) is 12.5. The zero-order valence-electron chi connectivity index (χ0n) is 9.06. The van der Waals surface area contributed by atoms with Gasteiger partial charge in [0.15, 0.2) is 5.16 Å². The topological polar surface area (TPSA) is 103 Å². The number of primary amides is 1. The molecule has 1 aromatic rings. The molecule has 0 aliphatic carbocycles. The normalized spacial score (nSPS) is 10.1. The van der Waals surface area contributed by atoms with Crippen LogP contribution in [0.15, 0.2) is 5.16 Å². The fourth-order valence-corrected chi connectivity index (χ4v) is 1.98. The van der Waals surface area contributed by atoms with E-state index in [0.717, 1.165) is 12.4 Å². The fraction of sp³-hybridized carbons (Fsp3) is 0.500. The number of nitrogens with zero attached hydrogens (tertiary/aromatic N) is 3. The Labute approximate surface area is 96.8 Å². The van der Waals surface area contributed by atoms with Crippen LogP contribution in [0.1, 0.15) is 12.7 Å². The Balaban J connectivity index is 2.54. The van der Waals surface area contributed by atoms with Gasteiger partial charge in [-0.15, -0.1) is 10.2 Å². The van der Waals surface area contributed by atoms with Crippen LogP contribution in [-0.4, -0.2) is 32.5 Å². The van der Waals surface area contributed by atoms with E-state index in [1.165, 1.54) is 11.8 Å². The maximum atomic E-state index is 11.1. The predicted molar refractivity (Wildman–Crippen MR) is 58.9 cm³/mol. The minimum atomic E-state index is -0.848. The number of rotatable bonds is 4. The molecule has 0 fully saturated rings. The number of hydrogen-bond acceptors (Lipinski definition) is 5. The first-order valence-corrected chi connectivity index (χ1v) is 5.65. The highest BCUT2D eigenvalue weighted by Crippen LogP contribution is 2.15. The number of aromatic nitrogens is 3. The molecular formula is C8H13N5O2S. The third-order valence-corrected chi connectivity index (χ3v) is 2.78. The monoisotopic (exact) mass is 243 g/mol. The van der Waals surface area contributed by atoms with Gasteiger partial charge in [0.05, 0.1) is 5.75 Å². The molecule has 0 aliphatic rings. The molecule has 0 saturated carbocycles. The zero-order valence-corrected chi connectivity index (χ0v) is 9.87. The third-order valence-electron chi connectivity index (χ3n) is 1.81. The molecule has 0 spiro atoms. The average Bonchev–Trinajstić information content (AvgIpc) is 2.55. The molecule has 1 aromatic heterocycles. The summed E-state index contributed by atoms with van der Waals surface area (Å²) in [4.78, 5) is 21.5. The Morgan fingerprint density at radius 2 is 2.19 bits per heavy atom. The van der Waals surface area contributed by atoms with Gasteiger partial charge < -0.3 is 10.3 Å². The molecule has 3 amide bonds. The summed E-state index contributed by atoms with van der Waals surface area (Å²) in [5.74, 6) is 0.433. The number of imide groups is 1. The van der Waals surface area contributed by atoms with Gasteiger partial charge in [-0.05, 0) is 13.8 Å². The summed E-state index contributed by atoms with van der Waals surface area (Å²) in [6.07, 6.45) is 0. The molecule has 3 N–H and O–H groups in total. The van der Waals surface area contributed by atoms with Gasteiger partial charge in [0, 0.05) is 6.54 Å². The molecule has 8 heteroatoms. The standard InChI is InChI=1S/C8H13N5O2S/c1-3-13-5(2)11-12-8(13)16-4-6(14)10-7(9)15/h3-4H2,1-2H3,(H3,9,10,14,15). The van der Waals surface area contributed by atoms with Gasteiger partial charge in [0.1, 0.15) is 5.82 Å². The van der Waals surface area contributed by atoms with Crippen LogP contribution in [0, 0.1) is 6.92 Å². The summed E-state index contributed by atoms with van der Waals surface area (Å²) in [6, 6.07) is -0.848. The molecule has 0 atom stereocenters. The molecule has 0 bridgehead atoms. The van der Waals surface area contributed by atoms with E-state index >= 15 is 0 Å². The molecular weight excluding hydrogens is 230 g/mol. The molecule has 0 aromatic carbocycles. The van der Waals surface area contributed by atoms with Crippen molar-refractivity contribution in [2.75, 3.05) is 5.75 Å². The Hall–Kier alpha value is -1.57. The second-order valence-corrected chi connectivity index (χ2v) is 3.92. The lowest BCUT2D eigenvalue weighted by Crippen LogP contribution is -2.36. The summed E-state index contributed by atoms with van der Waals surface area (Å²) in [6.45, 7) is 4.53. The highest BCUT2D eigenvalue weighted by Gasteiger charge is 2.11. The van der Waals surface area contributed by atoms with E-state index in [1.54, 1.807) is 0 Å². The number of urea groups is 1. The fourth-order valence-electron chi connectivity index (χ4n) is 1.14. The quantitative estimate of drug-likeness (QED) is 0.718. The second kappa shape index (κ2) is 5.50. The van der Waals surface area contributed by atoms with Crippen LogP contribution < -0.4 is 11.1 Å². The minimum absolute atomic E-state index is 0.0844. The van der Waals surface area contributed by atoms with E-state index in [2.05, 4.69) is 10.2 Å². The van der Waals surface area contributed by atoms with Crippen molar-refractivity contribution >= 4 is 23.7 Å². The average molecular weight is 243 g/mol. The van der Waals surface area contributed by atoms with E-state index < -0.39 is 11.9 Å². The number of thioether (sulfide) groups is 1. The Bertz CT molecular complexity index is 403. The van der Waals surface area contributed by atoms with Crippen molar-refractivity contribution in [1.82, 2.24) is 20.1 Å². The van der Waals surface area contributed by atoms with Gasteiger partial charge in [-0.1, -0.05) is 11.8 Å². The van der Waals surface area contributed by atoms with E-state index in [0.29, 0.717) is 5.16 Å². The third kappa shape index (κ3) is 3.23. The van der Waals surface area contributed by atoms with Crippen molar-refractivity contribution < 1.29 is 9.59 Å².